The van der Waals surface area contributed by atoms with E-state index in [2.05, 4.69) is 5.32 Å². The largest absolute Gasteiger partial charge is 0.497 e. The molecule has 3 heterocycles. The Bertz CT molecular complexity index is 1800. The number of urea groups is 1. The van der Waals surface area contributed by atoms with E-state index in [9.17, 15) is 22.7 Å². The van der Waals surface area contributed by atoms with Crippen LogP contribution in [0.25, 0.3) is 10.9 Å². The number of rotatable bonds is 5. The topological polar surface area (TPSA) is 104 Å². The molecular weight excluding hydrogens is 571 g/mol. The lowest BCUT2D eigenvalue weighted by Crippen LogP contribution is -2.56. The van der Waals surface area contributed by atoms with Crippen LogP contribution in [0, 0.1) is 12.7 Å². The Balaban J connectivity index is 1.42. The molecule has 1 aromatic heterocycles. The number of nitrogens with one attached hydrogen (secondary N) is 1. The van der Waals surface area contributed by atoms with Gasteiger partial charge in [-0.3, -0.25) is 0 Å². The van der Waals surface area contributed by atoms with Crippen LogP contribution in [0.2, 0.25) is 0 Å². The number of aliphatic hydroxyl groups excluding tert-OH is 1. The van der Waals surface area contributed by atoms with Gasteiger partial charge in [-0.05, 0) is 79.4 Å². The molecule has 0 radical (unpaired) electrons. The van der Waals surface area contributed by atoms with Gasteiger partial charge in [0.15, 0.2) is 0 Å². The Morgan fingerprint density at radius 3 is 2.47 bits per heavy atom. The van der Waals surface area contributed by atoms with Crippen molar-refractivity contribution in [3.63, 3.8) is 0 Å². The number of anilines is 1. The van der Waals surface area contributed by atoms with Crippen molar-refractivity contribution in [3.05, 3.63) is 89.4 Å². The molecule has 43 heavy (non-hydrogen) atoms. The van der Waals surface area contributed by atoms with Crippen molar-refractivity contribution in [2.45, 2.75) is 36.1 Å². The highest BCUT2D eigenvalue weighted by Gasteiger charge is 2.50. The average molecular weight is 607 g/mol. The fourth-order valence-electron chi connectivity index (χ4n) is 6.79. The Hall–Kier alpha value is -3.93. The Kier molecular flexibility index (Phi) is 7.44. The number of ether oxygens (including phenoxy) is 1. The lowest BCUT2D eigenvalue weighted by Gasteiger charge is -2.50. The second-order valence-electron chi connectivity index (χ2n) is 11.5. The smallest absolute Gasteiger partial charge is 0.322 e. The van der Waals surface area contributed by atoms with E-state index in [1.807, 2.05) is 42.8 Å². The molecule has 9 nitrogen and oxygen atoms in total. The highest BCUT2D eigenvalue weighted by Crippen LogP contribution is 2.50. The van der Waals surface area contributed by atoms with E-state index in [1.54, 1.807) is 30.2 Å². The van der Waals surface area contributed by atoms with E-state index in [0.29, 0.717) is 24.3 Å². The van der Waals surface area contributed by atoms with Crippen LogP contribution in [0.15, 0.2) is 71.6 Å². The zero-order valence-corrected chi connectivity index (χ0v) is 25.2. The van der Waals surface area contributed by atoms with E-state index in [1.165, 1.54) is 28.6 Å². The zero-order valence-electron chi connectivity index (χ0n) is 24.4. The minimum Gasteiger partial charge on any atom is -0.497 e. The van der Waals surface area contributed by atoms with Gasteiger partial charge in [-0.1, -0.05) is 12.1 Å². The molecule has 226 valence electrons. The number of fused-ring (bicyclic) bond motifs is 4. The van der Waals surface area contributed by atoms with Crippen LogP contribution in [0.3, 0.4) is 0 Å². The third-order valence-corrected chi connectivity index (χ3v) is 10.9. The molecule has 1 atom stereocenters. The number of carbonyl (C=O) groups excluding carboxylic acids is 1. The maximum atomic E-state index is 13.8. The number of aliphatic hydroxyl groups is 1. The molecule has 3 aromatic carbocycles. The number of hydrogen-bond acceptors (Lipinski definition) is 5. The maximum Gasteiger partial charge on any atom is 0.322 e. The van der Waals surface area contributed by atoms with Crippen LogP contribution >= 0.6 is 0 Å². The van der Waals surface area contributed by atoms with Gasteiger partial charge in [-0.2, -0.15) is 4.31 Å². The van der Waals surface area contributed by atoms with Crippen LogP contribution in [0.5, 0.6) is 5.75 Å². The number of methoxy groups -OCH3 is 1. The number of hydrogen-bond donors (Lipinski definition) is 2. The molecule has 0 saturated carbocycles. The monoisotopic (exact) mass is 606 g/mol. The summed E-state index contributed by atoms with van der Waals surface area (Å²) in [4.78, 5) is 15.7. The molecule has 11 heteroatoms. The zero-order chi connectivity index (χ0) is 30.5. The van der Waals surface area contributed by atoms with Gasteiger partial charge in [0.05, 0.1) is 30.2 Å². The molecule has 2 N–H and O–H groups in total. The van der Waals surface area contributed by atoms with Gasteiger partial charge in [-0.25, -0.2) is 17.6 Å². The first kappa shape index (κ1) is 29.2. The lowest BCUT2D eigenvalue weighted by atomic mass is 9.68. The molecule has 1 saturated heterocycles. The Morgan fingerprint density at radius 2 is 1.81 bits per heavy atom. The molecule has 0 unspecified atom stereocenters. The van der Waals surface area contributed by atoms with Crippen LogP contribution in [0.1, 0.15) is 35.7 Å². The summed E-state index contributed by atoms with van der Waals surface area (Å²) in [6.45, 7) is 2.39. The maximum absolute atomic E-state index is 13.8. The van der Waals surface area contributed by atoms with Crippen LogP contribution in [-0.2, 0) is 22.5 Å². The summed E-state index contributed by atoms with van der Waals surface area (Å²) in [6, 6.07) is 17.2. The first-order valence-corrected chi connectivity index (χ1v) is 15.7. The highest BCUT2D eigenvalue weighted by atomic mass is 32.2. The van der Waals surface area contributed by atoms with Crippen molar-refractivity contribution in [1.82, 2.24) is 13.8 Å². The number of carbonyl (C=O) groups is 1. The van der Waals surface area contributed by atoms with Crippen molar-refractivity contribution in [2.24, 2.45) is 7.05 Å². The average Bonchev–Trinajstić information content (AvgIpc) is 3.31. The predicted molar refractivity (Wildman–Crippen MR) is 162 cm³/mol. The summed E-state index contributed by atoms with van der Waals surface area (Å²) in [5.74, 6) is 0.274. The second kappa shape index (κ2) is 11.0. The number of amides is 2. The van der Waals surface area contributed by atoms with Crippen molar-refractivity contribution in [3.8, 4) is 5.75 Å². The van der Waals surface area contributed by atoms with Crippen molar-refractivity contribution >= 4 is 32.6 Å². The standard InChI is InChI=1S/C32H35FN4O5S/c1-21-5-4-6-25(17-21)43(40,41)36-15-13-32(14-16-36)20-37(31(39)34-23-9-7-22(33)8-10-23)28(19-38)30-29(32)26-12-11-24(42-3)18-27(26)35(30)2/h4-12,17-18,28,38H,13-16,19-20H2,1-3H3,(H,34,39)/t28-/m0/s1. The quantitative estimate of drug-likeness (QED) is 0.335. The van der Waals surface area contributed by atoms with Gasteiger partial charge < -0.3 is 24.6 Å². The summed E-state index contributed by atoms with van der Waals surface area (Å²) < 4.78 is 49.8. The molecular formula is C32H35FN4O5S. The fraction of sp³-hybridized carbons (Fsp3) is 0.344. The van der Waals surface area contributed by atoms with Crippen molar-refractivity contribution < 1.29 is 27.4 Å². The second-order valence-corrected chi connectivity index (χ2v) is 13.4. The number of sulfonamides is 1. The normalized spacial score (nSPS) is 18.5. The van der Waals surface area contributed by atoms with Gasteiger partial charge in [0.25, 0.3) is 0 Å². The molecule has 2 amide bonds. The number of aromatic nitrogens is 1. The van der Waals surface area contributed by atoms with Crippen LogP contribution < -0.4 is 10.1 Å². The number of aryl methyl sites for hydroxylation is 2. The van der Waals surface area contributed by atoms with Gasteiger partial charge >= 0.3 is 6.03 Å². The predicted octanol–water partition coefficient (Wildman–Crippen LogP) is 4.94. The summed E-state index contributed by atoms with van der Waals surface area (Å²) in [7, 11) is -0.187. The van der Waals surface area contributed by atoms with E-state index in [-0.39, 0.29) is 31.1 Å². The lowest BCUT2D eigenvalue weighted by molar-refractivity contribution is 0.0841. The van der Waals surface area contributed by atoms with Crippen LogP contribution in [-0.4, -0.2) is 66.7 Å². The van der Waals surface area contributed by atoms with E-state index >= 15 is 0 Å². The third-order valence-electron chi connectivity index (χ3n) is 8.98. The first-order valence-electron chi connectivity index (χ1n) is 14.3. The number of halogens is 1. The molecule has 1 spiro atoms. The minimum atomic E-state index is -3.70. The SMILES string of the molecule is COc1ccc2c3c(n(C)c2c1)[C@H](CO)N(C(=O)Nc1ccc(F)cc1)CC31CCN(S(=O)(=O)c2cccc(C)c2)CC1. The summed E-state index contributed by atoms with van der Waals surface area (Å²) in [5, 5.41) is 14.5. The molecule has 1 fully saturated rings. The van der Waals surface area contributed by atoms with Gasteiger partial charge in [0, 0.05) is 54.9 Å². The summed E-state index contributed by atoms with van der Waals surface area (Å²) >= 11 is 0. The Labute approximate surface area is 250 Å². The molecule has 0 aliphatic carbocycles. The fourth-order valence-corrected chi connectivity index (χ4v) is 8.33. The first-order chi connectivity index (χ1) is 20.6. The third kappa shape index (κ3) is 4.95. The summed E-state index contributed by atoms with van der Waals surface area (Å²) in [6.07, 6.45) is 0.962. The van der Waals surface area contributed by atoms with E-state index in [4.69, 9.17) is 4.74 Å². The number of nitrogens with zero attached hydrogens (tertiary/aromatic N) is 3. The summed E-state index contributed by atoms with van der Waals surface area (Å²) in [5.41, 5.74) is 3.47. The molecule has 4 aromatic rings. The van der Waals surface area contributed by atoms with Crippen LogP contribution in [0.4, 0.5) is 14.9 Å². The number of piperidine rings is 1. The minimum absolute atomic E-state index is 0.269. The molecule has 2 aliphatic heterocycles. The highest BCUT2D eigenvalue weighted by molar-refractivity contribution is 7.89. The molecule has 6 rings (SSSR count). The Morgan fingerprint density at radius 1 is 1.09 bits per heavy atom. The molecule has 0 bridgehead atoms. The number of benzene rings is 3. The molecule has 2 aliphatic rings. The van der Waals surface area contributed by atoms with Gasteiger partial charge in [0.1, 0.15) is 11.6 Å². The van der Waals surface area contributed by atoms with E-state index in [0.717, 1.165) is 27.7 Å². The van der Waals surface area contributed by atoms with Crippen molar-refractivity contribution in [1.29, 1.82) is 0 Å². The van der Waals surface area contributed by atoms with Crippen molar-refractivity contribution in [2.75, 3.05) is 38.7 Å². The van der Waals surface area contributed by atoms with Gasteiger partial charge in [-0.15, -0.1) is 0 Å². The van der Waals surface area contributed by atoms with Gasteiger partial charge in [0.2, 0.25) is 10.0 Å². The van der Waals surface area contributed by atoms with E-state index < -0.39 is 33.3 Å².